The Hall–Kier alpha value is -1.59. The van der Waals surface area contributed by atoms with E-state index in [1.165, 1.54) is 19.3 Å². The van der Waals surface area contributed by atoms with Crippen LogP contribution in [0.3, 0.4) is 0 Å². The highest BCUT2D eigenvalue weighted by Crippen LogP contribution is 2.38. The summed E-state index contributed by atoms with van der Waals surface area (Å²) in [5.41, 5.74) is 5.87. The molecule has 1 aliphatic carbocycles. The van der Waals surface area contributed by atoms with Gasteiger partial charge in [0.15, 0.2) is 0 Å². The summed E-state index contributed by atoms with van der Waals surface area (Å²) in [4.78, 5) is 17.7. The third kappa shape index (κ3) is 2.39. The second kappa shape index (κ2) is 5.42. The summed E-state index contributed by atoms with van der Waals surface area (Å²) >= 11 is 0. The monoisotopic (exact) mass is 276 g/mol. The van der Waals surface area contributed by atoms with Crippen LogP contribution < -0.4 is 15.5 Å². The topological polar surface area (TPSA) is 71.2 Å². The quantitative estimate of drug-likeness (QED) is 0.899. The number of hydrogen-bond donors (Lipinski definition) is 1. The lowest BCUT2D eigenvalue weighted by Crippen LogP contribution is -2.28. The molecule has 3 rings (SSSR count). The molecule has 2 unspecified atom stereocenters. The van der Waals surface area contributed by atoms with Gasteiger partial charge in [0.2, 0.25) is 17.8 Å². The third-order valence-electron chi connectivity index (χ3n) is 4.68. The zero-order valence-electron chi connectivity index (χ0n) is 12.4. The van der Waals surface area contributed by atoms with Gasteiger partial charge in [0.05, 0.1) is 0 Å². The molecule has 1 aromatic heterocycles. The predicted molar refractivity (Wildman–Crippen MR) is 80.8 cm³/mol. The molecule has 2 atom stereocenters. The first kappa shape index (κ1) is 13.4. The fourth-order valence-electron chi connectivity index (χ4n) is 3.56. The maximum Gasteiger partial charge on any atom is 0.231 e. The van der Waals surface area contributed by atoms with Gasteiger partial charge in [-0.3, -0.25) is 0 Å². The number of aromatic nitrogens is 3. The predicted octanol–water partition coefficient (Wildman–Crippen LogP) is 1.54. The Bertz CT molecular complexity index is 461. The lowest BCUT2D eigenvalue weighted by atomic mass is 10.0. The smallest absolute Gasteiger partial charge is 0.231 e. The fourth-order valence-corrected chi connectivity index (χ4v) is 3.56. The van der Waals surface area contributed by atoms with Gasteiger partial charge >= 0.3 is 0 Å². The van der Waals surface area contributed by atoms with Crippen molar-refractivity contribution in [2.45, 2.75) is 33.1 Å². The summed E-state index contributed by atoms with van der Waals surface area (Å²) < 4.78 is 0. The van der Waals surface area contributed by atoms with Crippen LogP contribution >= 0.6 is 0 Å². The summed E-state index contributed by atoms with van der Waals surface area (Å²) in [5.74, 6) is 3.44. The molecule has 1 aliphatic heterocycles. The summed E-state index contributed by atoms with van der Waals surface area (Å²) in [6.45, 7) is 8.11. The van der Waals surface area contributed by atoms with Crippen molar-refractivity contribution in [2.24, 2.45) is 11.8 Å². The van der Waals surface area contributed by atoms with E-state index >= 15 is 0 Å². The van der Waals surface area contributed by atoms with Gasteiger partial charge in [0.25, 0.3) is 0 Å². The van der Waals surface area contributed by atoms with E-state index in [2.05, 4.69) is 38.6 Å². The number of fused-ring (bicyclic) bond motifs is 1. The Kier molecular flexibility index (Phi) is 3.63. The van der Waals surface area contributed by atoms with Crippen molar-refractivity contribution in [3.8, 4) is 0 Å². The van der Waals surface area contributed by atoms with Gasteiger partial charge in [0.1, 0.15) is 0 Å². The van der Waals surface area contributed by atoms with Crippen molar-refractivity contribution in [1.29, 1.82) is 0 Å². The minimum absolute atomic E-state index is 0.328. The third-order valence-corrected chi connectivity index (χ3v) is 4.68. The molecular formula is C14H24N6. The van der Waals surface area contributed by atoms with Gasteiger partial charge in [-0.1, -0.05) is 6.42 Å². The van der Waals surface area contributed by atoms with Crippen molar-refractivity contribution >= 4 is 17.8 Å². The molecule has 2 fully saturated rings. The first-order valence-corrected chi connectivity index (χ1v) is 7.72. The Morgan fingerprint density at radius 2 is 1.75 bits per heavy atom. The number of anilines is 3. The molecule has 1 aromatic rings. The van der Waals surface area contributed by atoms with Crippen LogP contribution in [0, 0.1) is 11.8 Å². The van der Waals surface area contributed by atoms with E-state index < -0.39 is 0 Å². The normalized spacial score (nSPS) is 25.0. The van der Waals surface area contributed by atoms with Crippen molar-refractivity contribution < 1.29 is 0 Å². The Morgan fingerprint density at radius 3 is 2.35 bits per heavy atom. The van der Waals surface area contributed by atoms with E-state index in [-0.39, 0.29) is 0 Å². The second-order valence-corrected chi connectivity index (χ2v) is 5.82. The van der Waals surface area contributed by atoms with Crippen molar-refractivity contribution in [3.63, 3.8) is 0 Å². The molecule has 6 nitrogen and oxygen atoms in total. The summed E-state index contributed by atoms with van der Waals surface area (Å²) in [7, 11) is 0. The first-order valence-electron chi connectivity index (χ1n) is 7.72. The zero-order chi connectivity index (χ0) is 14.1. The highest BCUT2D eigenvalue weighted by atomic mass is 15.4. The molecule has 0 spiro atoms. The molecule has 0 amide bonds. The average molecular weight is 276 g/mol. The molecule has 6 heteroatoms. The summed E-state index contributed by atoms with van der Waals surface area (Å²) in [6, 6.07) is 0. The minimum atomic E-state index is 0.328. The van der Waals surface area contributed by atoms with Crippen LogP contribution in [0.4, 0.5) is 17.8 Å². The molecule has 1 saturated carbocycles. The fraction of sp³-hybridized carbons (Fsp3) is 0.786. The van der Waals surface area contributed by atoms with E-state index in [1.807, 2.05) is 0 Å². The molecule has 20 heavy (non-hydrogen) atoms. The van der Waals surface area contributed by atoms with Crippen LogP contribution in [-0.2, 0) is 0 Å². The number of nitrogens with two attached hydrogens (primary N) is 1. The largest absolute Gasteiger partial charge is 0.368 e. The van der Waals surface area contributed by atoms with E-state index in [4.69, 9.17) is 5.73 Å². The van der Waals surface area contributed by atoms with Gasteiger partial charge in [-0.05, 0) is 38.5 Å². The first-order chi connectivity index (χ1) is 9.71. The molecule has 1 saturated heterocycles. The maximum atomic E-state index is 5.87. The van der Waals surface area contributed by atoms with Gasteiger partial charge < -0.3 is 15.5 Å². The van der Waals surface area contributed by atoms with Crippen molar-refractivity contribution in [3.05, 3.63) is 0 Å². The standard InChI is InChI=1S/C14H24N6/c1-3-19(4-2)13-16-12(15)17-14(18-13)20-8-10-6-5-7-11(10)9-20/h10-11H,3-9H2,1-2H3,(H2,15,16,17,18). The molecule has 110 valence electrons. The zero-order valence-corrected chi connectivity index (χ0v) is 12.4. The van der Waals surface area contributed by atoms with E-state index in [0.29, 0.717) is 11.9 Å². The van der Waals surface area contributed by atoms with E-state index in [1.54, 1.807) is 0 Å². The second-order valence-electron chi connectivity index (χ2n) is 5.82. The summed E-state index contributed by atoms with van der Waals surface area (Å²) in [5, 5.41) is 0. The van der Waals surface area contributed by atoms with Crippen LogP contribution in [0.25, 0.3) is 0 Å². The van der Waals surface area contributed by atoms with Crippen LogP contribution in [0.15, 0.2) is 0 Å². The van der Waals surface area contributed by atoms with Gasteiger partial charge in [-0.2, -0.15) is 15.0 Å². The molecular weight excluding hydrogens is 252 g/mol. The van der Waals surface area contributed by atoms with Gasteiger partial charge in [0, 0.05) is 26.2 Å². The summed E-state index contributed by atoms with van der Waals surface area (Å²) in [6.07, 6.45) is 4.09. The average Bonchev–Trinajstić information content (AvgIpc) is 3.00. The number of nitrogen functional groups attached to an aromatic ring is 1. The Morgan fingerprint density at radius 1 is 1.10 bits per heavy atom. The van der Waals surface area contributed by atoms with E-state index in [0.717, 1.165) is 44.0 Å². The molecule has 2 N–H and O–H groups in total. The number of hydrogen-bond acceptors (Lipinski definition) is 6. The van der Waals surface area contributed by atoms with Crippen molar-refractivity contribution in [1.82, 2.24) is 15.0 Å². The molecule has 0 radical (unpaired) electrons. The minimum Gasteiger partial charge on any atom is -0.368 e. The van der Waals surface area contributed by atoms with Crippen molar-refractivity contribution in [2.75, 3.05) is 41.7 Å². The highest BCUT2D eigenvalue weighted by molar-refractivity contribution is 5.44. The van der Waals surface area contributed by atoms with Gasteiger partial charge in [-0.25, -0.2) is 0 Å². The highest BCUT2D eigenvalue weighted by Gasteiger charge is 2.37. The molecule has 2 aliphatic rings. The molecule has 0 bridgehead atoms. The van der Waals surface area contributed by atoms with Crippen LogP contribution in [0.2, 0.25) is 0 Å². The van der Waals surface area contributed by atoms with Crippen LogP contribution in [-0.4, -0.2) is 41.1 Å². The van der Waals surface area contributed by atoms with E-state index in [9.17, 15) is 0 Å². The SMILES string of the molecule is CCN(CC)c1nc(N)nc(N2CC3CCCC3C2)n1. The Labute approximate surface area is 120 Å². The van der Waals surface area contributed by atoms with Crippen LogP contribution in [0.1, 0.15) is 33.1 Å². The molecule has 0 aromatic carbocycles. The molecule has 2 heterocycles. The van der Waals surface area contributed by atoms with Gasteiger partial charge in [-0.15, -0.1) is 0 Å². The lowest BCUT2D eigenvalue weighted by Gasteiger charge is -2.22. The lowest BCUT2D eigenvalue weighted by molar-refractivity contribution is 0.494. The number of nitrogens with zero attached hydrogens (tertiary/aromatic N) is 5. The Balaban J connectivity index is 1.83. The number of rotatable bonds is 4. The maximum absolute atomic E-state index is 5.87. The van der Waals surface area contributed by atoms with Crippen LogP contribution in [0.5, 0.6) is 0 Å².